The number of alkyl halides is 1. The van der Waals surface area contributed by atoms with Crippen LogP contribution in [0.1, 0.15) is 12.8 Å². The summed E-state index contributed by atoms with van der Waals surface area (Å²) in [6.45, 7) is 3.26. The zero-order chi connectivity index (χ0) is 39.5. The van der Waals surface area contributed by atoms with Gasteiger partial charge in [0.25, 0.3) is 5.88 Å². The van der Waals surface area contributed by atoms with E-state index in [1.807, 2.05) is 11.9 Å². The summed E-state index contributed by atoms with van der Waals surface area (Å²) < 4.78 is 23.0. The van der Waals surface area contributed by atoms with Gasteiger partial charge in [-0.25, -0.2) is 9.37 Å². The first-order chi connectivity index (χ1) is 26.4. The normalized spacial score (nSPS) is 18.5. The van der Waals surface area contributed by atoms with E-state index in [9.17, 15) is 38.9 Å². The van der Waals surface area contributed by atoms with Crippen molar-refractivity contribution in [3.05, 3.63) is 12.5 Å². The number of halogens is 1. The highest BCUT2D eigenvalue weighted by atomic mass is 19.1. The second-order valence-corrected chi connectivity index (χ2v) is 13.7. The molecule has 5 heterocycles. The summed E-state index contributed by atoms with van der Waals surface area (Å²) in [7, 11) is 3.32. The number of carbonyl (C=O) groups is 4. The van der Waals surface area contributed by atoms with Crippen LogP contribution in [0.25, 0.3) is 11.2 Å². The Hall–Kier alpha value is -5.19. The zero-order valence-corrected chi connectivity index (χ0v) is 31.1. The molecule has 0 saturated carbocycles. The van der Waals surface area contributed by atoms with Gasteiger partial charge in [-0.2, -0.15) is 9.97 Å². The van der Waals surface area contributed by atoms with Gasteiger partial charge in [-0.3, -0.25) is 43.5 Å². The molecule has 2 aliphatic rings. The Labute approximate surface area is 316 Å². The molecule has 0 aromatic carbocycles. The maximum Gasteiger partial charge on any atom is 0.317 e. The lowest BCUT2D eigenvalue weighted by Gasteiger charge is -2.32. The lowest BCUT2D eigenvalue weighted by Crippen LogP contribution is -2.49. The second-order valence-electron chi connectivity index (χ2n) is 13.7. The Morgan fingerprint density at radius 1 is 0.855 bits per heavy atom. The fourth-order valence-electron chi connectivity index (χ4n) is 6.52. The van der Waals surface area contributed by atoms with Gasteiger partial charge in [-0.1, -0.05) is 0 Å². The predicted octanol–water partition coefficient (Wildman–Crippen LogP) is -1.16. The number of carbonyl (C=O) groups excluding carboxylic acids is 1. The van der Waals surface area contributed by atoms with Gasteiger partial charge < -0.3 is 40.2 Å². The molecular formula is C33H50FN13O8. The smallest absolute Gasteiger partial charge is 0.317 e. The van der Waals surface area contributed by atoms with E-state index < -0.39 is 24.1 Å². The number of imidazole rings is 1. The van der Waals surface area contributed by atoms with Crippen molar-refractivity contribution in [2.75, 3.05) is 115 Å². The lowest BCUT2D eigenvalue weighted by molar-refractivity contribution is -0.140. The van der Waals surface area contributed by atoms with E-state index in [2.05, 4.69) is 30.7 Å². The van der Waals surface area contributed by atoms with Crippen LogP contribution in [0.4, 0.5) is 21.8 Å². The van der Waals surface area contributed by atoms with Crippen molar-refractivity contribution in [2.24, 2.45) is 7.05 Å². The van der Waals surface area contributed by atoms with Crippen molar-refractivity contribution in [3.8, 4) is 5.88 Å². The molecule has 3 aromatic rings. The molecular weight excluding hydrogens is 725 g/mol. The molecule has 22 heteroatoms. The number of aromatic nitrogens is 6. The number of fused-ring (bicyclic) bond motifs is 1. The number of hydrogen-bond donors (Lipinski definition) is 5. The fraction of sp³-hybridized carbons (Fsp3) is 0.636. The molecule has 2 saturated heterocycles. The van der Waals surface area contributed by atoms with Crippen LogP contribution in [0, 0.1) is 0 Å². The Morgan fingerprint density at radius 3 is 1.93 bits per heavy atom. The van der Waals surface area contributed by atoms with E-state index in [1.54, 1.807) is 41.4 Å². The highest BCUT2D eigenvalue weighted by Crippen LogP contribution is 2.30. The maximum absolute atomic E-state index is 14.0. The highest BCUT2D eigenvalue weighted by molar-refractivity contribution is 5.87. The van der Waals surface area contributed by atoms with Crippen LogP contribution in [0.3, 0.4) is 0 Å². The van der Waals surface area contributed by atoms with Crippen molar-refractivity contribution in [1.29, 1.82) is 0 Å². The van der Waals surface area contributed by atoms with Crippen LogP contribution >= 0.6 is 0 Å². The largest absolute Gasteiger partial charge is 0.480 e. The molecule has 302 valence electrons. The molecule has 0 spiro atoms. The van der Waals surface area contributed by atoms with E-state index in [4.69, 9.17) is 4.74 Å². The number of methoxy groups -OCH3 is 1. The molecule has 0 radical (unpaired) electrons. The molecule has 21 nitrogen and oxygen atoms in total. The Bertz CT molecular complexity index is 1760. The molecule has 0 aliphatic carbocycles. The molecule has 2 aliphatic heterocycles. The minimum Gasteiger partial charge on any atom is -0.480 e. The topological polar surface area (TPSA) is 240 Å². The van der Waals surface area contributed by atoms with Crippen LogP contribution in [-0.2, 0) is 32.8 Å². The number of carboxylic acid groups (broad SMARTS) is 3. The van der Waals surface area contributed by atoms with Crippen molar-refractivity contribution in [1.82, 2.24) is 54.2 Å². The Kier molecular flexibility index (Phi) is 14.5. The molecule has 5 N–H and O–H groups in total. The maximum atomic E-state index is 14.0. The Balaban J connectivity index is 1.17. The van der Waals surface area contributed by atoms with E-state index >= 15 is 0 Å². The van der Waals surface area contributed by atoms with E-state index in [0.29, 0.717) is 106 Å². The van der Waals surface area contributed by atoms with Gasteiger partial charge in [0.05, 0.1) is 52.4 Å². The van der Waals surface area contributed by atoms with Crippen LogP contribution in [-0.4, -0.2) is 199 Å². The van der Waals surface area contributed by atoms with Crippen LogP contribution in [0.5, 0.6) is 5.88 Å². The van der Waals surface area contributed by atoms with E-state index in [0.717, 1.165) is 0 Å². The number of nitrogens with one attached hydrogen (secondary N) is 2. The van der Waals surface area contributed by atoms with Crippen molar-refractivity contribution in [3.63, 3.8) is 0 Å². The molecule has 55 heavy (non-hydrogen) atoms. The minimum absolute atomic E-state index is 0.0168. The van der Waals surface area contributed by atoms with Gasteiger partial charge in [-0.15, -0.1) is 5.10 Å². The number of rotatable bonds is 16. The second kappa shape index (κ2) is 19.4. The minimum atomic E-state index is -1.03. The van der Waals surface area contributed by atoms with Crippen molar-refractivity contribution in [2.45, 2.75) is 25.6 Å². The summed E-state index contributed by atoms with van der Waals surface area (Å²) in [5.74, 6) is -2.17. The summed E-state index contributed by atoms with van der Waals surface area (Å²) in [4.78, 5) is 70.1. The molecule has 0 bridgehead atoms. The van der Waals surface area contributed by atoms with Crippen LogP contribution < -0.4 is 20.3 Å². The van der Waals surface area contributed by atoms with Gasteiger partial charge in [0.1, 0.15) is 11.9 Å². The SMILES string of the molecule is COc1nn(CCCNC(=O)CN2CCN(CC(=O)O)CCN(CC(=O)O)CCN(CC(=O)O)CC2)cc1Nc1nc(N2CCC(F)C2)nc2c1ncn2C. The average molecular weight is 776 g/mol. The molecule has 2 fully saturated rings. The number of ether oxygens (including phenoxy) is 1. The molecule has 1 amide bonds. The van der Waals surface area contributed by atoms with Crippen LogP contribution in [0.2, 0.25) is 0 Å². The van der Waals surface area contributed by atoms with E-state index in [1.165, 1.54) is 7.11 Å². The van der Waals surface area contributed by atoms with E-state index in [-0.39, 0.29) is 51.7 Å². The first-order valence-corrected chi connectivity index (χ1v) is 18.1. The van der Waals surface area contributed by atoms with Crippen molar-refractivity contribution < 1.29 is 43.6 Å². The number of nitrogens with zero attached hydrogens (tertiary/aromatic N) is 11. The summed E-state index contributed by atoms with van der Waals surface area (Å²) in [5.41, 5.74) is 1.65. The van der Waals surface area contributed by atoms with Crippen molar-refractivity contribution >= 4 is 52.4 Å². The average Bonchev–Trinajstić information content (AvgIpc) is 3.85. The van der Waals surface area contributed by atoms with Gasteiger partial charge in [0, 0.05) is 79.0 Å². The number of anilines is 3. The third kappa shape index (κ3) is 12.2. The van der Waals surface area contributed by atoms with Gasteiger partial charge >= 0.3 is 17.9 Å². The number of hydrogen-bond acceptors (Lipinski definition) is 15. The molecule has 1 atom stereocenters. The van der Waals surface area contributed by atoms with Gasteiger partial charge in [0.2, 0.25) is 11.9 Å². The number of aliphatic carboxylic acids is 3. The number of carboxylic acids is 3. The first kappa shape index (κ1) is 41.0. The third-order valence-corrected chi connectivity index (χ3v) is 9.40. The monoisotopic (exact) mass is 775 g/mol. The zero-order valence-electron chi connectivity index (χ0n) is 31.1. The fourth-order valence-corrected chi connectivity index (χ4v) is 6.52. The number of aryl methyl sites for hydroxylation is 2. The molecule has 3 aromatic heterocycles. The third-order valence-electron chi connectivity index (χ3n) is 9.40. The lowest BCUT2D eigenvalue weighted by atomic mass is 10.3. The summed E-state index contributed by atoms with van der Waals surface area (Å²) in [5, 5.41) is 39.0. The molecule has 1 unspecified atom stereocenters. The quantitative estimate of drug-likeness (QED) is 0.108. The summed E-state index contributed by atoms with van der Waals surface area (Å²) in [6, 6.07) is 0. The Morgan fingerprint density at radius 2 is 1.42 bits per heavy atom. The molecule has 5 rings (SSSR count). The van der Waals surface area contributed by atoms with Gasteiger partial charge in [0.15, 0.2) is 17.0 Å². The summed E-state index contributed by atoms with van der Waals surface area (Å²) in [6.07, 6.45) is 3.39. The predicted molar refractivity (Wildman–Crippen MR) is 196 cm³/mol. The first-order valence-electron chi connectivity index (χ1n) is 18.1. The number of amides is 1. The summed E-state index contributed by atoms with van der Waals surface area (Å²) >= 11 is 0. The highest BCUT2D eigenvalue weighted by Gasteiger charge is 2.26. The standard InChI is InChI=1S/C33H50FN13O8/c1-41-22-36-29-30(38-33(39-31(29)41)46-7-4-23(34)16-46)37-24-17-47(40-32(24)55-2)6-3-5-35-25(48)18-42-8-10-43(19-26(49)50)12-14-45(21-28(53)54)15-13-44(11-9-42)20-27(51)52/h17,22-23H,3-16,18-21H2,1-2H3,(H,35,48)(H,49,50)(H,51,52)(H,53,54)(H,37,38,39). The van der Waals surface area contributed by atoms with Crippen LogP contribution in [0.15, 0.2) is 12.5 Å². The van der Waals surface area contributed by atoms with Gasteiger partial charge in [-0.05, 0) is 12.8 Å².